The molecule has 4 aromatic heterocycles. The molecule has 0 spiro atoms. The van der Waals surface area contributed by atoms with E-state index in [1.807, 2.05) is 6.07 Å². The van der Waals surface area contributed by atoms with E-state index in [0.29, 0.717) is 32.7 Å². The number of aromatic amines is 2. The van der Waals surface area contributed by atoms with Crippen LogP contribution in [0.3, 0.4) is 0 Å². The summed E-state index contributed by atoms with van der Waals surface area (Å²) < 4.78 is 1.41. The minimum Gasteiger partial charge on any atom is -0.381 e. The fourth-order valence-corrected chi connectivity index (χ4v) is 3.23. The van der Waals surface area contributed by atoms with Crippen molar-refractivity contribution in [3.8, 4) is 17.2 Å². The van der Waals surface area contributed by atoms with E-state index >= 15 is 0 Å². The molecule has 1 aromatic carbocycles. The molecule has 5 aromatic rings. The maximum Gasteiger partial charge on any atom is 0.276 e. The summed E-state index contributed by atoms with van der Waals surface area (Å²) in [6.45, 7) is 0. The van der Waals surface area contributed by atoms with Gasteiger partial charge in [0, 0.05) is 10.6 Å². The average Bonchev–Trinajstić information content (AvgIpc) is 3.22. The van der Waals surface area contributed by atoms with E-state index in [9.17, 15) is 4.79 Å². The van der Waals surface area contributed by atoms with E-state index in [1.165, 1.54) is 4.52 Å². The Kier molecular flexibility index (Phi) is 2.98. The van der Waals surface area contributed by atoms with Crippen molar-refractivity contribution in [3.63, 3.8) is 0 Å². The van der Waals surface area contributed by atoms with E-state index < -0.39 is 0 Å². The molecule has 0 radical (unpaired) electrons. The number of pyridine rings is 1. The highest BCUT2D eigenvalue weighted by Crippen LogP contribution is 2.35. The molecular formula is C16H8ClN9O. The van der Waals surface area contributed by atoms with Crippen LogP contribution in [0.4, 0.5) is 5.82 Å². The van der Waals surface area contributed by atoms with Crippen LogP contribution in [-0.4, -0.2) is 35.0 Å². The number of rotatable bonds is 1. The summed E-state index contributed by atoms with van der Waals surface area (Å²) >= 11 is 6.00. The molecule has 0 atom stereocenters. The standard InChI is InChI=1S/C16H8ClN9O/c17-7-3-1-6(2-4-7)9-10-14(20-13-11(9)16(27)24-22-13)25-26-12(19)8(5-18)21-23-15(10)26/h1-4H,19H2,(H,24,27)(H,20,22,25). The Morgan fingerprint density at radius 3 is 2.70 bits per heavy atom. The Labute approximate surface area is 154 Å². The Bertz CT molecular complexity index is 1470. The van der Waals surface area contributed by atoms with Crippen molar-refractivity contribution in [3.05, 3.63) is 45.3 Å². The highest BCUT2D eigenvalue weighted by Gasteiger charge is 2.22. The summed E-state index contributed by atoms with van der Waals surface area (Å²) in [6, 6.07) is 8.88. The lowest BCUT2D eigenvalue weighted by Gasteiger charge is -2.05. The zero-order valence-electron chi connectivity index (χ0n) is 13.4. The van der Waals surface area contributed by atoms with Crippen molar-refractivity contribution in [2.75, 3.05) is 5.73 Å². The normalized spacial score (nSPS) is 11.4. The Morgan fingerprint density at radius 1 is 1.19 bits per heavy atom. The number of nitrogens with one attached hydrogen (secondary N) is 2. The van der Waals surface area contributed by atoms with Crippen LogP contribution in [0.15, 0.2) is 29.1 Å². The lowest BCUT2D eigenvalue weighted by Crippen LogP contribution is -2.05. The van der Waals surface area contributed by atoms with E-state index in [0.717, 1.165) is 5.56 Å². The Morgan fingerprint density at radius 2 is 1.96 bits per heavy atom. The van der Waals surface area contributed by atoms with Gasteiger partial charge in [0.2, 0.25) is 5.69 Å². The summed E-state index contributed by atoms with van der Waals surface area (Å²) in [7, 11) is 0. The van der Waals surface area contributed by atoms with Gasteiger partial charge in [-0.3, -0.25) is 9.89 Å². The minimum absolute atomic E-state index is 0.0259. The van der Waals surface area contributed by atoms with Gasteiger partial charge in [-0.1, -0.05) is 23.7 Å². The number of aromatic nitrogens is 7. The van der Waals surface area contributed by atoms with E-state index in [1.54, 1.807) is 24.3 Å². The van der Waals surface area contributed by atoms with Gasteiger partial charge in [0.15, 0.2) is 22.8 Å². The van der Waals surface area contributed by atoms with Gasteiger partial charge in [0.25, 0.3) is 5.56 Å². The van der Waals surface area contributed by atoms with Gasteiger partial charge in [0.05, 0.1) is 10.8 Å². The number of nitriles is 1. The first-order valence-corrected chi connectivity index (χ1v) is 8.07. The van der Waals surface area contributed by atoms with Gasteiger partial charge in [0.1, 0.15) is 6.07 Å². The second-order valence-corrected chi connectivity index (χ2v) is 6.22. The molecule has 0 saturated heterocycles. The fourth-order valence-electron chi connectivity index (χ4n) is 3.11. The largest absolute Gasteiger partial charge is 0.381 e. The number of fused-ring (bicyclic) bond motifs is 4. The number of nitrogen functional groups attached to an aromatic ring is 1. The fraction of sp³-hybridized carbons (Fsp3) is 0. The number of H-pyrrole nitrogens is 2. The van der Waals surface area contributed by atoms with Crippen molar-refractivity contribution >= 4 is 45.1 Å². The van der Waals surface area contributed by atoms with Crippen LogP contribution in [0.25, 0.3) is 38.8 Å². The monoisotopic (exact) mass is 377 g/mol. The molecule has 27 heavy (non-hydrogen) atoms. The number of nitrogens with zero attached hydrogens (tertiary/aromatic N) is 6. The SMILES string of the molecule is N#Cc1nnc2c3c(-c4ccc(Cl)cc4)c4c(=O)[nH]nc4nc3[nH]n2c1N. The highest BCUT2D eigenvalue weighted by molar-refractivity contribution is 6.30. The molecule has 0 saturated carbocycles. The number of halogens is 1. The van der Waals surface area contributed by atoms with Crippen LogP contribution in [0, 0.1) is 11.3 Å². The molecule has 0 aliphatic heterocycles. The molecule has 0 aliphatic rings. The van der Waals surface area contributed by atoms with Crippen molar-refractivity contribution in [1.82, 2.24) is 35.0 Å². The summed E-state index contributed by atoms with van der Waals surface area (Å²) in [4.78, 5) is 16.8. The zero-order chi connectivity index (χ0) is 18.7. The van der Waals surface area contributed by atoms with Crippen LogP contribution in [0.1, 0.15) is 5.69 Å². The van der Waals surface area contributed by atoms with Gasteiger partial charge in [-0.15, -0.1) is 10.2 Å². The third kappa shape index (κ3) is 2.03. The number of hydrogen-bond acceptors (Lipinski definition) is 7. The first-order chi connectivity index (χ1) is 13.1. The molecule has 0 fully saturated rings. The van der Waals surface area contributed by atoms with Gasteiger partial charge in [-0.2, -0.15) is 10.4 Å². The van der Waals surface area contributed by atoms with E-state index in [-0.39, 0.29) is 22.7 Å². The van der Waals surface area contributed by atoms with Crippen LogP contribution in [0.2, 0.25) is 5.02 Å². The van der Waals surface area contributed by atoms with Crippen LogP contribution in [0.5, 0.6) is 0 Å². The summed E-state index contributed by atoms with van der Waals surface area (Å²) in [5, 5.41) is 27.9. The topological polar surface area (TPSA) is 154 Å². The number of benzene rings is 1. The molecule has 0 aliphatic carbocycles. The maximum atomic E-state index is 12.4. The third-order valence-corrected chi connectivity index (χ3v) is 4.54. The Balaban J connectivity index is 2.05. The first kappa shape index (κ1) is 15.3. The minimum atomic E-state index is -0.377. The van der Waals surface area contributed by atoms with E-state index in [2.05, 4.69) is 30.5 Å². The number of anilines is 1. The molecular weight excluding hydrogens is 370 g/mol. The van der Waals surface area contributed by atoms with Crippen molar-refractivity contribution in [2.24, 2.45) is 0 Å². The second-order valence-electron chi connectivity index (χ2n) is 5.79. The molecule has 4 N–H and O–H groups in total. The maximum absolute atomic E-state index is 12.4. The van der Waals surface area contributed by atoms with Crippen molar-refractivity contribution < 1.29 is 0 Å². The van der Waals surface area contributed by atoms with Gasteiger partial charge >= 0.3 is 0 Å². The predicted molar refractivity (Wildman–Crippen MR) is 98.1 cm³/mol. The van der Waals surface area contributed by atoms with Crippen molar-refractivity contribution in [1.29, 1.82) is 5.26 Å². The van der Waals surface area contributed by atoms with Crippen LogP contribution < -0.4 is 11.3 Å². The molecule has 11 heteroatoms. The molecule has 0 amide bonds. The van der Waals surface area contributed by atoms with Gasteiger partial charge in [-0.05, 0) is 17.7 Å². The molecule has 4 heterocycles. The summed E-state index contributed by atoms with van der Waals surface area (Å²) in [5.41, 5.74) is 7.88. The lowest BCUT2D eigenvalue weighted by molar-refractivity contribution is 0.897. The quantitative estimate of drug-likeness (QED) is 0.400. The van der Waals surface area contributed by atoms with E-state index in [4.69, 9.17) is 22.6 Å². The molecule has 130 valence electrons. The van der Waals surface area contributed by atoms with Crippen LogP contribution >= 0.6 is 11.6 Å². The van der Waals surface area contributed by atoms with Crippen molar-refractivity contribution in [2.45, 2.75) is 0 Å². The summed E-state index contributed by atoms with van der Waals surface area (Å²) in [5.74, 6) is 0.0871. The number of hydrogen-bond donors (Lipinski definition) is 3. The smallest absolute Gasteiger partial charge is 0.276 e. The Hall–Kier alpha value is -3.97. The summed E-state index contributed by atoms with van der Waals surface area (Å²) in [6.07, 6.45) is 0. The molecule has 0 bridgehead atoms. The molecule has 10 nitrogen and oxygen atoms in total. The predicted octanol–water partition coefficient (Wildman–Crippen LogP) is 1.62. The number of nitrogens with two attached hydrogens (primary N) is 1. The highest BCUT2D eigenvalue weighted by atomic mass is 35.5. The third-order valence-electron chi connectivity index (χ3n) is 4.29. The molecule has 0 unspecified atom stereocenters. The van der Waals surface area contributed by atoms with Gasteiger partial charge < -0.3 is 5.73 Å². The second kappa shape index (κ2) is 5.26. The average molecular weight is 378 g/mol. The van der Waals surface area contributed by atoms with Gasteiger partial charge in [-0.25, -0.2) is 14.6 Å². The zero-order valence-corrected chi connectivity index (χ0v) is 14.1. The first-order valence-electron chi connectivity index (χ1n) is 7.69. The lowest BCUT2D eigenvalue weighted by atomic mass is 10.0. The van der Waals surface area contributed by atoms with Crippen LogP contribution in [-0.2, 0) is 0 Å². The molecule has 5 rings (SSSR count).